The fourth-order valence-electron chi connectivity index (χ4n) is 2.19. The largest absolute Gasteiger partial charge is 0.327 e. The molecular formula is C16H11BrCl2N2. The molecule has 0 fully saturated rings. The molecule has 21 heavy (non-hydrogen) atoms. The predicted molar refractivity (Wildman–Crippen MR) is 90.9 cm³/mol. The second kappa shape index (κ2) is 6.22. The monoisotopic (exact) mass is 380 g/mol. The molecule has 0 aliphatic heterocycles. The van der Waals surface area contributed by atoms with Gasteiger partial charge in [0.05, 0.1) is 10.0 Å². The Morgan fingerprint density at radius 1 is 1.10 bits per heavy atom. The predicted octanol–water partition coefficient (Wildman–Crippen LogP) is 5.67. The van der Waals surface area contributed by atoms with Gasteiger partial charge in [-0.25, -0.2) is 4.98 Å². The number of nitrogens with zero attached hydrogens (tertiary/aromatic N) is 2. The van der Waals surface area contributed by atoms with Crippen molar-refractivity contribution in [3.05, 3.63) is 74.9 Å². The van der Waals surface area contributed by atoms with Crippen molar-refractivity contribution in [3.8, 4) is 11.4 Å². The highest BCUT2D eigenvalue weighted by Crippen LogP contribution is 2.32. The van der Waals surface area contributed by atoms with Crippen LogP contribution in [0.3, 0.4) is 0 Å². The van der Waals surface area contributed by atoms with Crippen LogP contribution in [0, 0.1) is 0 Å². The molecule has 0 bridgehead atoms. The van der Waals surface area contributed by atoms with Crippen LogP contribution in [0.5, 0.6) is 0 Å². The van der Waals surface area contributed by atoms with Gasteiger partial charge in [-0.15, -0.1) is 0 Å². The third kappa shape index (κ3) is 3.15. The maximum Gasteiger partial charge on any atom is 0.141 e. The standard InChI is InChI=1S/C16H11BrCl2N2/c17-12-4-1-3-11(9-12)10-21-8-7-20-16(21)13-5-2-6-14(18)15(13)19/h1-9H,10H2. The molecule has 0 aliphatic rings. The zero-order chi connectivity index (χ0) is 14.8. The third-order valence-electron chi connectivity index (χ3n) is 3.15. The molecule has 0 atom stereocenters. The normalized spacial score (nSPS) is 10.8. The van der Waals surface area contributed by atoms with Crippen molar-refractivity contribution in [1.82, 2.24) is 9.55 Å². The van der Waals surface area contributed by atoms with Crippen LogP contribution in [0.2, 0.25) is 10.0 Å². The SMILES string of the molecule is Clc1cccc(-c2nccn2Cc2cccc(Br)c2)c1Cl. The zero-order valence-corrected chi connectivity index (χ0v) is 14.0. The van der Waals surface area contributed by atoms with Crippen LogP contribution in [0.25, 0.3) is 11.4 Å². The molecule has 0 saturated carbocycles. The maximum absolute atomic E-state index is 6.29. The average molecular weight is 382 g/mol. The minimum Gasteiger partial charge on any atom is -0.327 e. The van der Waals surface area contributed by atoms with Gasteiger partial charge < -0.3 is 4.57 Å². The molecule has 2 aromatic carbocycles. The summed E-state index contributed by atoms with van der Waals surface area (Å²) in [6, 6.07) is 13.8. The molecule has 0 unspecified atom stereocenters. The molecule has 0 radical (unpaired) electrons. The summed E-state index contributed by atoms with van der Waals surface area (Å²) in [5.41, 5.74) is 2.02. The van der Waals surface area contributed by atoms with E-state index >= 15 is 0 Å². The Bertz CT molecular complexity index is 783. The molecule has 3 rings (SSSR count). The fourth-order valence-corrected chi connectivity index (χ4v) is 3.02. The maximum atomic E-state index is 6.29. The lowest BCUT2D eigenvalue weighted by molar-refractivity contribution is 0.806. The first-order valence-corrected chi connectivity index (χ1v) is 7.90. The summed E-state index contributed by atoms with van der Waals surface area (Å²) < 4.78 is 3.11. The van der Waals surface area contributed by atoms with E-state index in [1.807, 2.05) is 30.5 Å². The molecule has 1 aromatic heterocycles. The second-order valence-corrected chi connectivity index (χ2v) is 6.31. The van der Waals surface area contributed by atoms with Gasteiger partial charge in [0.15, 0.2) is 0 Å². The molecule has 106 valence electrons. The van der Waals surface area contributed by atoms with Gasteiger partial charge in [-0.1, -0.05) is 57.3 Å². The quantitative estimate of drug-likeness (QED) is 0.571. The van der Waals surface area contributed by atoms with E-state index < -0.39 is 0 Å². The van der Waals surface area contributed by atoms with Crippen molar-refractivity contribution < 1.29 is 0 Å². The lowest BCUT2D eigenvalue weighted by Gasteiger charge is -2.10. The minimum atomic E-state index is 0.529. The van der Waals surface area contributed by atoms with Crippen molar-refractivity contribution in [2.75, 3.05) is 0 Å². The molecule has 1 heterocycles. The van der Waals surface area contributed by atoms with Crippen molar-refractivity contribution in [2.24, 2.45) is 0 Å². The van der Waals surface area contributed by atoms with Crippen molar-refractivity contribution in [1.29, 1.82) is 0 Å². The van der Waals surface area contributed by atoms with E-state index in [1.54, 1.807) is 12.3 Å². The fraction of sp³-hybridized carbons (Fsp3) is 0.0625. The van der Waals surface area contributed by atoms with E-state index in [2.05, 4.69) is 37.6 Å². The number of aromatic nitrogens is 2. The molecule has 0 saturated heterocycles. The Labute approximate surface area is 141 Å². The Hall–Kier alpha value is -1.29. The first kappa shape index (κ1) is 14.6. The first-order valence-electron chi connectivity index (χ1n) is 6.35. The van der Waals surface area contributed by atoms with Gasteiger partial charge in [0.25, 0.3) is 0 Å². The summed E-state index contributed by atoms with van der Waals surface area (Å²) >= 11 is 15.9. The van der Waals surface area contributed by atoms with Gasteiger partial charge in [0, 0.05) is 29.0 Å². The Morgan fingerprint density at radius 2 is 1.90 bits per heavy atom. The Balaban J connectivity index is 2.00. The number of hydrogen-bond donors (Lipinski definition) is 0. The smallest absolute Gasteiger partial charge is 0.141 e. The molecule has 0 N–H and O–H groups in total. The van der Waals surface area contributed by atoms with Gasteiger partial charge in [-0.05, 0) is 29.8 Å². The summed E-state index contributed by atoms with van der Waals surface area (Å²) in [7, 11) is 0. The van der Waals surface area contributed by atoms with Gasteiger partial charge in [0.2, 0.25) is 0 Å². The number of rotatable bonds is 3. The van der Waals surface area contributed by atoms with Crippen LogP contribution in [-0.4, -0.2) is 9.55 Å². The van der Waals surface area contributed by atoms with Gasteiger partial charge in [0.1, 0.15) is 5.82 Å². The van der Waals surface area contributed by atoms with Gasteiger partial charge >= 0.3 is 0 Å². The van der Waals surface area contributed by atoms with Crippen LogP contribution < -0.4 is 0 Å². The van der Waals surface area contributed by atoms with E-state index in [9.17, 15) is 0 Å². The average Bonchev–Trinajstić information content (AvgIpc) is 2.90. The van der Waals surface area contributed by atoms with Crippen molar-refractivity contribution >= 4 is 39.1 Å². The van der Waals surface area contributed by atoms with Crippen LogP contribution in [0.1, 0.15) is 5.56 Å². The number of benzene rings is 2. The molecule has 2 nitrogen and oxygen atoms in total. The van der Waals surface area contributed by atoms with Crippen LogP contribution in [0.15, 0.2) is 59.3 Å². The topological polar surface area (TPSA) is 17.8 Å². The van der Waals surface area contributed by atoms with Gasteiger partial charge in [-0.3, -0.25) is 0 Å². The molecule has 0 amide bonds. The summed E-state index contributed by atoms with van der Waals surface area (Å²) in [6.07, 6.45) is 3.71. The first-order chi connectivity index (χ1) is 10.1. The zero-order valence-electron chi connectivity index (χ0n) is 10.9. The second-order valence-electron chi connectivity index (χ2n) is 4.61. The summed E-state index contributed by atoms with van der Waals surface area (Å²) in [5.74, 6) is 0.808. The lowest BCUT2D eigenvalue weighted by Crippen LogP contribution is -2.01. The Morgan fingerprint density at radius 3 is 2.71 bits per heavy atom. The molecule has 0 aliphatic carbocycles. The van der Waals surface area contributed by atoms with E-state index in [4.69, 9.17) is 23.2 Å². The van der Waals surface area contributed by atoms with Crippen molar-refractivity contribution in [3.63, 3.8) is 0 Å². The molecule has 5 heteroatoms. The summed E-state index contributed by atoms with van der Waals surface area (Å²) in [4.78, 5) is 4.42. The highest BCUT2D eigenvalue weighted by atomic mass is 79.9. The Kier molecular flexibility index (Phi) is 4.34. The number of hydrogen-bond acceptors (Lipinski definition) is 1. The third-order valence-corrected chi connectivity index (χ3v) is 4.46. The van der Waals surface area contributed by atoms with E-state index in [0.29, 0.717) is 10.0 Å². The van der Waals surface area contributed by atoms with E-state index in [-0.39, 0.29) is 0 Å². The summed E-state index contributed by atoms with van der Waals surface area (Å²) in [5, 5.41) is 1.06. The minimum absolute atomic E-state index is 0.529. The van der Waals surface area contributed by atoms with Crippen LogP contribution in [-0.2, 0) is 6.54 Å². The number of imidazole rings is 1. The molecular weight excluding hydrogens is 371 g/mol. The highest BCUT2D eigenvalue weighted by molar-refractivity contribution is 9.10. The van der Waals surface area contributed by atoms with Gasteiger partial charge in [-0.2, -0.15) is 0 Å². The lowest BCUT2D eigenvalue weighted by atomic mass is 10.2. The summed E-state index contributed by atoms with van der Waals surface area (Å²) in [6.45, 7) is 0.720. The molecule has 0 spiro atoms. The van der Waals surface area contributed by atoms with E-state index in [1.165, 1.54) is 5.56 Å². The van der Waals surface area contributed by atoms with E-state index in [0.717, 1.165) is 22.4 Å². The highest BCUT2D eigenvalue weighted by Gasteiger charge is 2.12. The van der Waals surface area contributed by atoms with Crippen molar-refractivity contribution in [2.45, 2.75) is 6.54 Å². The van der Waals surface area contributed by atoms with Crippen LogP contribution in [0.4, 0.5) is 0 Å². The number of halogens is 3. The van der Waals surface area contributed by atoms with Crippen LogP contribution >= 0.6 is 39.1 Å². The molecule has 3 aromatic rings.